The van der Waals surface area contributed by atoms with Gasteiger partial charge in [-0.05, 0) is 6.07 Å². The van der Waals surface area contributed by atoms with Gasteiger partial charge in [0.25, 0.3) is 0 Å². The first kappa shape index (κ1) is 10.2. The molecule has 0 bridgehead atoms. The molecule has 1 aromatic heterocycles. The SMILES string of the molecule is C=C1CNC(C2=Nc3ccncc3C2)C(=O)N1. The van der Waals surface area contributed by atoms with Crippen LogP contribution in [0.5, 0.6) is 0 Å². The Morgan fingerprint density at radius 1 is 1.47 bits per heavy atom. The van der Waals surface area contributed by atoms with Gasteiger partial charge in [-0.25, -0.2) is 0 Å². The van der Waals surface area contributed by atoms with E-state index in [4.69, 9.17) is 0 Å². The zero-order valence-electron chi connectivity index (χ0n) is 9.23. The molecule has 0 saturated carbocycles. The van der Waals surface area contributed by atoms with E-state index in [2.05, 4.69) is 27.2 Å². The predicted octanol–water partition coefficient (Wildman–Crippen LogP) is 0.312. The second-order valence-corrected chi connectivity index (χ2v) is 4.19. The van der Waals surface area contributed by atoms with Crippen LogP contribution in [-0.4, -0.2) is 29.2 Å². The number of aliphatic imine (C=N–C) groups is 1. The summed E-state index contributed by atoms with van der Waals surface area (Å²) < 4.78 is 0. The van der Waals surface area contributed by atoms with Gasteiger partial charge in [0.1, 0.15) is 6.04 Å². The van der Waals surface area contributed by atoms with Crippen LogP contribution in [0, 0.1) is 0 Å². The number of piperazine rings is 1. The van der Waals surface area contributed by atoms with Crippen molar-refractivity contribution in [3.05, 3.63) is 36.3 Å². The van der Waals surface area contributed by atoms with Gasteiger partial charge in [0.05, 0.1) is 5.69 Å². The van der Waals surface area contributed by atoms with Crippen LogP contribution in [-0.2, 0) is 11.2 Å². The molecule has 2 aliphatic rings. The van der Waals surface area contributed by atoms with Gasteiger partial charge < -0.3 is 5.32 Å². The molecule has 1 fully saturated rings. The zero-order chi connectivity index (χ0) is 11.8. The maximum absolute atomic E-state index is 11.8. The van der Waals surface area contributed by atoms with Crippen LogP contribution in [0.2, 0.25) is 0 Å². The van der Waals surface area contributed by atoms with Crippen LogP contribution < -0.4 is 10.6 Å². The molecular formula is C12H12N4O. The Kier molecular flexibility index (Phi) is 2.26. The second-order valence-electron chi connectivity index (χ2n) is 4.19. The zero-order valence-corrected chi connectivity index (χ0v) is 9.23. The molecule has 1 aromatic rings. The molecule has 5 heteroatoms. The predicted molar refractivity (Wildman–Crippen MR) is 64.1 cm³/mol. The number of pyridine rings is 1. The van der Waals surface area contributed by atoms with Crippen molar-refractivity contribution in [3.8, 4) is 0 Å². The molecule has 86 valence electrons. The molecular weight excluding hydrogens is 216 g/mol. The van der Waals surface area contributed by atoms with Crippen LogP contribution in [0.3, 0.4) is 0 Å². The topological polar surface area (TPSA) is 66.4 Å². The summed E-state index contributed by atoms with van der Waals surface area (Å²) in [6.45, 7) is 4.31. The smallest absolute Gasteiger partial charge is 0.247 e. The Labute approximate surface area is 98.7 Å². The molecule has 2 N–H and O–H groups in total. The number of carbonyl (C=O) groups is 1. The van der Waals surface area contributed by atoms with E-state index in [1.54, 1.807) is 12.4 Å². The number of amides is 1. The van der Waals surface area contributed by atoms with Crippen molar-refractivity contribution in [3.63, 3.8) is 0 Å². The molecule has 0 aromatic carbocycles. The van der Waals surface area contributed by atoms with Gasteiger partial charge >= 0.3 is 0 Å². The van der Waals surface area contributed by atoms with Crippen molar-refractivity contribution in [2.75, 3.05) is 6.54 Å². The molecule has 5 nitrogen and oxygen atoms in total. The number of rotatable bonds is 1. The standard InChI is InChI=1S/C12H12N4O/c1-7-5-14-11(12(17)15-7)10-4-8-6-13-3-2-9(8)16-10/h2-3,6,11,14H,1,4-5H2,(H,15,17). The van der Waals surface area contributed by atoms with Crippen molar-refractivity contribution in [1.82, 2.24) is 15.6 Å². The molecule has 3 heterocycles. The Morgan fingerprint density at radius 2 is 2.35 bits per heavy atom. The number of carbonyl (C=O) groups excluding carboxylic acids is 1. The van der Waals surface area contributed by atoms with E-state index in [0.717, 1.165) is 17.0 Å². The van der Waals surface area contributed by atoms with E-state index in [1.165, 1.54) is 0 Å². The summed E-state index contributed by atoms with van der Waals surface area (Å²) in [6.07, 6.45) is 4.19. The lowest BCUT2D eigenvalue weighted by Crippen LogP contribution is -2.55. The Bertz CT molecular complexity index is 535. The van der Waals surface area contributed by atoms with Crippen molar-refractivity contribution < 1.29 is 4.79 Å². The van der Waals surface area contributed by atoms with Crippen molar-refractivity contribution in [2.45, 2.75) is 12.5 Å². The van der Waals surface area contributed by atoms with Gasteiger partial charge in [-0.3, -0.25) is 20.1 Å². The van der Waals surface area contributed by atoms with E-state index in [1.807, 2.05) is 6.07 Å². The molecule has 1 unspecified atom stereocenters. The second kappa shape index (κ2) is 3.78. The average molecular weight is 228 g/mol. The molecule has 0 radical (unpaired) electrons. The number of hydrogen-bond donors (Lipinski definition) is 2. The van der Waals surface area contributed by atoms with Gasteiger partial charge in [-0.15, -0.1) is 0 Å². The molecule has 2 aliphatic heterocycles. The molecule has 1 atom stereocenters. The first-order chi connectivity index (χ1) is 8.24. The highest BCUT2D eigenvalue weighted by atomic mass is 16.2. The van der Waals surface area contributed by atoms with Gasteiger partial charge in [0, 0.05) is 42.3 Å². The average Bonchev–Trinajstić information content (AvgIpc) is 2.72. The van der Waals surface area contributed by atoms with Gasteiger partial charge in [0.15, 0.2) is 0 Å². The number of fused-ring (bicyclic) bond motifs is 1. The highest BCUT2D eigenvalue weighted by molar-refractivity contribution is 6.12. The van der Waals surface area contributed by atoms with Gasteiger partial charge in [0.2, 0.25) is 5.91 Å². The summed E-state index contributed by atoms with van der Waals surface area (Å²) in [5, 5.41) is 5.87. The lowest BCUT2D eigenvalue weighted by atomic mass is 10.0. The monoisotopic (exact) mass is 228 g/mol. The molecule has 0 aliphatic carbocycles. The van der Waals surface area contributed by atoms with Crippen LogP contribution in [0.4, 0.5) is 5.69 Å². The van der Waals surface area contributed by atoms with Crippen LogP contribution in [0.25, 0.3) is 0 Å². The van der Waals surface area contributed by atoms with E-state index in [-0.39, 0.29) is 11.9 Å². The Morgan fingerprint density at radius 3 is 3.12 bits per heavy atom. The number of hydrogen-bond acceptors (Lipinski definition) is 4. The third-order valence-electron chi connectivity index (χ3n) is 2.93. The molecule has 3 rings (SSSR count). The summed E-state index contributed by atoms with van der Waals surface area (Å²) in [7, 11) is 0. The van der Waals surface area contributed by atoms with Crippen molar-refractivity contribution >= 4 is 17.3 Å². The number of nitrogens with zero attached hydrogens (tertiary/aromatic N) is 2. The fraction of sp³-hybridized carbons (Fsp3) is 0.250. The fourth-order valence-corrected chi connectivity index (χ4v) is 2.10. The highest BCUT2D eigenvalue weighted by Crippen LogP contribution is 2.26. The lowest BCUT2D eigenvalue weighted by Gasteiger charge is -2.24. The molecule has 0 spiro atoms. The summed E-state index contributed by atoms with van der Waals surface area (Å²) in [5.74, 6) is -0.0826. The van der Waals surface area contributed by atoms with Gasteiger partial charge in [-0.1, -0.05) is 6.58 Å². The third kappa shape index (κ3) is 1.74. The van der Waals surface area contributed by atoms with E-state index in [9.17, 15) is 4.79 Å². The minimum absolute atomic E-state index is 0.0826. The molecule has 1 amide bonds. The summed E-state index contributed by atoms with van der Waals surface area (Å²) in [6, 6.07) is 1.51. The largest absolute Gasteiger partial charge is 0.327 e. The fourth-order valence-electron chi connectivity index (χ4n) is 2.10. The number of aromatic nitrogens is 1. The maximum atomic E-state index is 11.8. The van der Waals surface area contributed by atoms with E-state index in [0.29, 0.717) is 18.7 Å². The quantitative estimate of drug-likeness (QED) is 0.727. The summed E-state index contributed by atoms with van der Waals surface area (Å²) >= 11 is 0. The maximum Gasteiger partial charge on any atom is 0.247 e. The van der Waals surface area contributed by atoms with Crippen molar-refractivity contribution in [2.24, 2.45) is 4.99 Å². The highest BCUT2D eigenvalue weighted by Gasteiger charge is 2.30. The minimum atomic E-state index is -0.354. The first-order valence-electron chi connectivity index (χ1n) is 5.46. The first-order valence-corrected chi connectivity index (χ1v) is 5.46. The van der Waals surface area contributed by atoms with Gasteiger partial charge in [-0.2, -0.15) is 0 Å². The number of nitrogens with one attached hydrogen (secondary N) is 2. The Hall–Kier alpha value is -2.01. The van der Waals surface area contributed by atoms with Crippen molar-refractivity contribution in [1.29, 1.82) is 0 Å². The van der Waals surface area contributed by atoms with Crippen LogP contribution in [0.1, 0.15) is 5.56 Å². The summed E-state index contributed by atoms with van der Waals surface area (Å²) in [4.78, 5) is 20.3. The summed E-state index contributed by atoms with van der Waals surface area (Å²) in [5.41, 5.74) is 3.53. The third-order valence-corrected chi connectivity index (χ3v) is 2.93. The van der Waals surface area contributed by atoms with Crippen LogP contribution in [0.15, 0.2) is 35.7 Å². The van der Waals surface area contributed by atoms with E-state index >= 15 is 0 Å². The molecule has 17 heavy (non-hydrogen) atoms. The Balaban J connectivity index is 1.84. The molecule has 1 saturated heterocycles. The van der Waals surface area contributed by atoms with Crippen LogP contribution >= 0.6 is 0 Å². The normalized spacial score (nSPS) is 23.1. The van der Waals surface area contributed by atoms with E-state index < -0.39 is 0 Å². The minimum Gasteiger partial charge on any atom is -0.327 e. The lowest BCUT2D eigenvalue weighted by molar-refractivity contribution is -0.121.